The predicted molar refractivity (Wildman–Crippen MR) is 90.7 cm³/mol. The average molecular weight is 419 g/mol. The maximum Gasteiger partial charge on any atom is 0.271 e. The highest BCUT2D eigenvalue weighted by molar-refractivity contribution is 14.1. The van der Waals surface area contributed by atoms with Gasteiger partial charge in [-0.25, -0.2) is 5.43 Å². The third-order valence-electron chi connectivity index (χ3n) is 2.46. The van der Waals surface area contributed by atoms with Crippen molar-refractivity contribution in [2.45, 2.75) is 0 Å². The van der Waals surface area contributed by atoms with Crippen molar-refractivity contribution in [3.63, 3.8) is 0 Å². The summed E-state index contributed by atoms with van der Waals surface area (Å²) >= 11 is 13.9. The van der Waals surface area contributed by atoms with Crippen molar-refractivity contribution in [1.82, 2.24) is 5.43 Å². The average Bonchev–Trinajstić information content (AvgIpc) is 2.44. The molecule has 0 unspecified atom stereocenters. The van der Waals surface area contributed by atoms with E-state index in [0.717, 1.165) is 9.13 Å². The van der Waals surface area contributed by atoms with Crippen LogP contribution in [0.5, 0.6) is 0 Å². The van der Waals surface area contributed by atoms with E-state index in [4.69, 9.17) is 23.2 Å². The summed E-state index contributed by atoms with van der Waals surface area (Å²) in [7, 11) is 0. The summed E-state index contributed by atoms with van der Waals surface area (Å²) in [4.78, 5) is 11.9. The second-order valence-corrected chi connectivity index (χ2v) is 5.83. The Morgan fingerprint density at radius 3 is 2.60 bits per heavy atom. The summed E-state index contributed by atoms with van der Waals surface area (Å²) in [5.74, 6) is -0.342. The van der Waals surface area contributed by atoms with Gasteiger partial charge < -0.3 is 0 Å². The summed E-state index contributed by atoms with van der Waals surface area (Å²) in [5.41, 5.74) is 3.78. The number of hydrogen-bond donors (Lipinski definition) is 1. The molecule has 0 spiro atoms. The number of hydrogen-bond acceptors (Lipinski definition) is 2. The van der Waals surface area contributed by atoms with Gasteiger partial charge in [-0.15, -0.1) is 0 Å². The van der Waals surface area contributed by atoms with E-state index in [9.17, 15) is 4.79 Å². The summed E-state index contributed by atoms with van der Waals surface area (Å²) in [6.07, 6.45) is 1.59. The van der Waals surface area contributed by atoms with Crippen LogP contribution in [0.2, 0.25) is 10.0 Å². The van der Waals surface area contributed by atoms with Crippen LogP contribution in [0, 0.1) is 3.57 Å². The second kappa shape index (κ2) is 7.06. The molecule has 0 bridgehead atoms. The lowest BCUT2D eigenvalue weighted by molar-refractivity contribution is 0.0955. The number of carbonyl (C=O) groups is 1. The fraction of sp³-hybridized carbons (Fsp3) is 0. The van der Waals surface area contributed by atoms with Crippen molar-refractivity contribution in [1.29, 1.82) is 0 Å². The van der Waals surface area contributed by atoms with Gasteiger partial charge in [0.2, 0.25) is 0 Å². The molecule has 0 aromatic heterocycles. The number of nitrogens with one attached hydrogen (secondary N) is 1. The Morgan fingerprint density at radius 2 is 1.90 bits per heavy atom. The van der Waals surface area contributed by atoms with E-state index >= 15 is 0 Å². The van der Waals surface area contributed by atoms with Crippen molar-refractivity contribution in [3.8, 4) is 0 Å². The molecule has 2 aromatic rings. The fourth-order valence-corrected chi connectivity index (χ4v) is 2.27. The first-order valence-electron chi connectivity index (χ1n) is 5.61. The predicted octanol–water partition coefficient (Wildman–Crippen LogP) is 4.36. The minimum absolute atomic E-state index is 0.334. The molecule has 0 heterocycles. The van der Waals surface area contributed by atoms with Crippen LogP contribution in [-0.2, 0) is 0 Å². The van der Waals surface area contributed by atoms with Crippen LogP contribution in [0.15, 0.2) is 47.6 Å². The van der Waals surface area contributed by atoms with Gasteiger partial charge in [0.15, 0.2) is 0 Å². The molecule has 3 nitrogen and oxygen atoms in total. The zero-order valence-corrected chi connectivity index (χ0v) is 13.8. The third kappa shape index (κ3) is 3.94. The van der Waals surface area contributed by atoms with Crippen molar-refractivity contribution < 1.29 is 4.79 Å². The maximum atomic E-state index is 11.9. The Bertz CT molecular complexity index is 674. The van der Waals surface area contributed by atoms with Crippen molar-refractivity contribution >= 4 is 57.9 Å². The van der Waals surface area contributed by atoms with Gasteiger partial charge in [0.05, 0.1) is 16.3 Å². The number of carbonyl (C=O) groups excluding carboxylic acids is 1. The number of amides is 1. The highest BCUT2D eigenvalue weighted by Gasteiger charge is 2.06. The molecule has 0 aliphatic rings. The minimum Gasteiger partial charge on any atom is -0.267 e. The molecule has 0 atom stereocenters. The highest BCUT2D eigenvalue weighted by atomic mass is 127. The van der Waals surface area contributed by atoms with Gasteiger partial charge in [-0.2, -0.15) is 5.10 Å². The van der Waals surface area contributed by atoms with Crippen molar-refractivity contribution in [3.05, 3.63) is 67.2 Å². The first-order valence-corrected chi connectivity index (χ1v) is 7.44. The van der Waals surface area contributed by atoms with E-state index in [0.29, 0.717) is 15.6 Å². The van der Waals surface area contributed by atoms with Crippen LogP contribution >= 0.6 is 45.8 Å². The van der Waals surface area contributed by atoms with Gasteiger partial charge in [-0.1, -0.05) is 41.4 Å². The maximum absolute atomic E-state index is 11.9. The summed E-state index contributed by atoms with van der Waals surface area (Å²) in [6, 6.07) is 12.4. The number of halogens is 3. The van der Waals surface area contributed by atoms with Crippen molar-refractivity contribution in [2.24, 2.45) is 5.10 Å². The Morgan fingerprint density at radius 1 is 1.15 bits per heavy atom. The molecule has 0 aliphatic heterocycles. The molecule has 0 fully saturated rings. The van der Waals surface area contributed by atoms with Gasteiger partial charge in [0, 0.05) is 14.7 Å². The molecule has 20 heavy (non-hydrogen) atoms. The lowest BCUT2D eigenvalue weighted by atomic mass is 10.2. The third-order valence-corrected chi connectivity index (χ3v) is 4.18. The SMILES string of the molecule is O=C(N/N=C/c1ccccc1I)c1ccc(Cl)c(Cl)c1. The molecule has 0 radical (unpaired) electrons. The van der Waals surface area contributed by atoms with Crippen LogP contribution in [0.1, 0.15) is 15.9 Å². The topological polar surface area (TPSA) is 41.5 Å². The number of hydrazone groups is 1. The van der Waals surface area contributed by atoms with Gasteiger partial charge >= 0.3 is 0 Å². The smallest absolute Gasteiger partial charge is 0.267 e. The zero-order chi connectivity index (χ0) is 14.5. The minimum atomic E-state index is -0.342. The monoisotopic (exact) mass is 418 g/mol. The zero-order valence-electron chi connectivity index (χ0n) is 10.1. The standard InChI is InChI=1S/C14H9Cl2IN2O/c15-11-6-5-9(7-12(11)16)14(20)19-18-8-10-3-1-2-4-13(10)17/h1-8H,(H,19,20)/b18-8+. The highest BCUT2D eigenvalue weighted by Crippen LogP contribution is 2.22. The van der Waals surface area contributed by atoms with E-state index in [1.807, 2.05) is 24.3 Å². The van der Waals surface area contributed by atoms with Crippen LogP contribution in [0.25, 0.3) is 0 Å². The molecule has 1 N–H and O–H groups in total. The first kappa shape index (κ1) is 15.3. The summed E-state index contributed by atoms with van der Waals surface area (Å²) in [6.45, 7) is 0. The second-order valence-electron chi connectivity index (χ2n) is 3.85. The fourth-order valence-electron chi connectivity index (χ4n) is 1.44. The Balaban J connectivity index is 2.05. The first-order chi connectivity index (χ1) is 9.58. The molecule has 0 aliphatic carbocycles. The van der Waals surface area contributed by atoms with Gasteiger partial charge in [-0.3, -0.25) is 4.79 Å². The van der Waals surface area contributed by atoms with E-state index in [1.54, 1.807) is 18.3 Å². The Kier molecular flexibility index (Phi) is 5.39. The molecule has 2 rings (SSSR count). The van der Waals surface area contributed by atoms with Crippen molar-refractivity contribution in [2.75, 3.05) is 0 Å². The largest absolute Gasteiger partial charge is 0.271 e. The number of nitrogens with zero attached hydrogens (tertiary/aromatic N) is 1. The Hall–Kier alpha value is -1.11. The van der Waals surface area contributed by atoms with E-state index < -0.39 is 0 Å². The quantitative estimate of drug-likeness (QED) is 0.449. The lowest BCUT2D eigenvalue weighted by Gasteiger charge is -2.02. The normalized spacial score (nSPS) is 10.8. The molecule has 102 valence electrons. The number of benzene rings is 2. The van der Waals surface area contributed by atoms with Crippen LogP contribution in [0.4, 0.5) is 0 Å². The molecular formula is C14H9Cl2IN2O. The number of rotatable bonds is 3. The van der Waals surface area contributed by atoms with Gasteiger partial charge in [0.25, 0.3) is 5.91 Å². The van der Waals surface area contributed by atoms with Gasteiger partial charge in [0.1, 0.15) is 0 Å². The summed E-state index contributed by atoms with van der Waals surface area (Å²) in [5, 5.41) is 4.67. The Labute approximate surface area is 140 Å². The van der Waals surface area contributed by atoms with Gasteiger partial charge in [-0.05, 0) is 46.9 Å². The molecule has 6 heteroatoms. The summed E-state index contributed by atoms with van der Waals surface area (Å²) < 4.78 is 1.05. The molecule has 0 saturated carbocycles. The molecule has 0 saturated heterocycles. The van der Waals surface area contributed by atoms with Crippen LogP contribution < -0.4 is 5.43 Å². The molecular weight excluding hydrogens is 410 g/mol. The van der Waals surface area contributed by atoms with Crippen LogP contribution in [0.3, 0.4) is 0 Å². The van der Waals surface area contributed by atoms with E-state index in [1.165, 1.54) is 6.07 Å². The molecule has 1 amide bonds. The van der Waals surface area contributed by atoms with Crippen LogP contribution in [-0.4, -0.2) is 12.1 Å². The lowest BCUT2D eigenvalue weighted by Crippen LogP contribution is -2.17. The van der Waals surface area contributed by atoms with E-state index in [2.05, 4.69) is 33.1 Å². The molecule has 2 aromatic carbocycles. The van der Waals surface area contributed by atoms with E-state index in [-0.39, 0.29) is 5.91 Å².